The largest absolute Gasteiger partial charge is 0.388 e. The molecule has 4 rings (SSSR count). The fourth-order valence-electron chi connectivity index (χ4n) is 5.28. The lowest BCUT2D eigenvalue weighted by atomic mass is 9.82. The first-order valence-corrected chi connectivity index (χ1v) is 9.52. The van der Waals surface area contributed by atoms with Crippen LogP contribution in [0.4, 0.5) is 4.39 Å². The summed E-state index contributed by atoms with van der Waals surface area (Å²) in [7, 11) is 0. The predicted molar refractivity (Wildman–Crippen MR) is 93.0 cm³/mol. The van der Waals surface area contributed by atoms with Crippen LogP contribution in [0.5, 0.6) is 0 Å². The van der Waals surface area contributed by atoms with Crippen molar-refractivity contribution >= 4 is 5.91 Å². The van der Waals surface area contributed by atoms with E-state index >= 15 is 0 Å². The Morgan fingerprint density at radius 2 is 1.76 bits per heavy atom. The van der Waals surface area contributed by atoms with Crippen molar-refractivity contribution < 1.29 is 14.3 Å². The monoisotopic (exact) mass is 346 g/mol. The molecule has 3 aliphatic rings. The number of hydrogen-bond acceptors (Lipinski definition) is 3. The van der Waals surface area contributed by atoms with Crippen LogP contribution >= 0.6 is 0 Å². The van der Waals surface area contributed by atoms with Crippen molar-refractivity contribution in [3.63, 3.8) is 0 Å². The molecule has 1 aromatic rings. The highest BCUT2D eigenvalue weighted by Gasteiger charge is 2.50. The molecule has 5 atom stereocenters. The molecule has 2 bridgehead atoms. The fourth-order valence-corrected chi connectivity index (χ4v) is 5.28. The minimum atomic E-state index is -0.595. The number of benzene rings is 1. The molecule has 3 N–H and O–H groups in total. The molecule has 5 heteroatoms. The van der Waals surface area contributed by atoms with Crippen molar-refractivity contribution in [1.29, 1.82) is 0 Å². The molecule has 1 aromatic carbocycles. The van der Waals surface area contributed by atoms with Gasteiger partial charge in [-0.25, -0.2) is 4.39 Å². The van der Waals surface area contributed by atoms with Crippen molar-refractivity contribution in [3.8, 4) is 0 Å². The van der Waals surface area contributed by atoms with E-state index in [1.807, 2.05) is 4.90 Å². The first-order valence-electron chi connectivity index (χ1n) is 9.52. The van der Waals surface area contributed by atoms with Crippen LogP contribution in [0.15, 0.2) is 24.3 Å². The molecule has 3 fully saturated rings. The number of halogens is 1. The van der Waals surface area contributed by atoms with Gasteiger partial charge in [0, 0.05) is 19.1 Å². The topological polar surface area (TPSA) is 66.6 Å². The minimum absolute atomic E-state index is 0.0114. The van der Waals surface area contributed by atoms with Gasteiger partial charge in [-0.1, -0.05) is 12.1 Å². The predicted octanol–water partition coefficient (Wildman–Crippen LogP) is 2.47. The smallest absolute Gasteiger partial charge is 0.227 e. The number of fused-ring (bicyclic) bond motifs is 2. The summed E-state index contributed by atoms with van der Waals surface area (Å²) in [5, 5.41) is 10.6. The van der Waals surface area contributed by atoms with Gasteiger partial charge in [-0.05, 0) is 67.6 Å². The Morgan fingerprint density at radius 1 is 1.12 bits per heavy atom. The van der Waals surface area contributed by atoms with Gasteiger partial charge in [0.1, 0.15) is 5.82 Å². The normalized spacial score (nSPS) is 33.6. The second-order valence-corrected chi connectivity index (χ2v) is 8.10. The molecule has 2 aliphatic carbocycles. The number of nitrogens with zero attached hydrogens (tertiary/aromatic N) is 1. The van der Waals surface area contributed by atoms with E-state index in [4.69, 9.17) is 5.73 Å². The zero-order chi connectivity index (χ0) is 17.6. The summed E-state index contributed by atoms with van der Waals surface area (Å²) < 4.78 is 13.0. The van der Waals surface area contributed by atoms with Crippen LogP contribution < -0.4 is 5.73 Å². The summed E-state index contributed by atoms with van der Waals surface area (Å²) >= 11 is 0. The van der Waals surface area contributed by atoms with E-state index in [-0.39, 0.29) is 29.6 Å². The zero-order valence-corrected chi connectivity index (χ0v) is 14.5. The first kappa shape index (κ1) is 17.0. The van der Waals surface area contributed by atoms with Crippen molar-refractivity contribution in [2.75, 3.05) is 13.1 Å². The number of piperidine rings is 1. The van der Waals surface area contributed by atoms with Gasteiger partial charge in [0.25, 0.3) is 0 Å². The van der Waals surface area contributed by atoms with E-state index in [0.29, 0.717) is 24.9 Å². The van der Waals surface area contributed by atoms with Crippen LogP contribution in [-0.4, -0.2) is 35.0 Å². The number of nitrogens with two attached hydrogens (primary N) is 1. The van der Waals surface area contributed by atoms with E-state index < -0.39 is 6.10 Å². The number of aliphatic hydroxyl groups excluding tert-OH is 1. The van der Waals surface area contributed by atoms with Gasteiger partial charge >= 0.3 is 0 Å². The van der Waals surface area contributed by atoms with Gasteiger partial charge in [0.05, 0.1) is 12.0 Å². The Hall–Kier alpha value is -1.46. The number of carbonyl (C=O) groups excluding carboxylic acids is 1. The van der Waals surface area contributed by atoms with Crippen LogP contribution in [0, 0.1) is 29.5 Å². The SMILES string of the molecule is NC1C2CCC(C2)C1C(=O)N1CCC(C(O)c2ccc(F)cc2)CC1. The third-order valence-corrected chi connectivity index (χ3v) is 6.78. The minimum Gasteiger partial charge on any atom is -0.388 e. The Morgan fingerprint density at radius 3 is 2.36 bits per heavy atom. The maximum absolute atomic E-state index is 13.0. The number of likely N-dealkylation sites (tertiary alicyclic amines) is 1. The van der Waals surface area contributed by atoms with Crippen LogP contribution in [0.2, 0.25) is 0 Å². The second kappa shape index (κ2) is 6.69. The molecule has 5 unspecified atom stereocenters. The Balaban J connectivity index is 1.35. The van der Waals surface area contributed by atoms with Gasteiger partial charge in [-0.15, -0.1) is 0 Å². The summed E-state index contributed by atoms with van der Waals surface area (Å²) in [5.41, 5.74) is 7.07. The fraction of sp³-hybridized carbons (Fsp3) is 0.650. The van der Waals surface area contributed by atoms with Crippen LogP contribution in [0.3, 0.4) is 0 Å². The number of amides is 1. The molecular weight excluding hydrogens is 319 g/mol. The summed E-state index contributed by atoms with van der Waals surface area (Å²) in [6.07, 6.45) is 4.41. The van der Waals surface area contributed by atoms with E-state index in [0.717, 1.165) is 31.2 Å². The van der Waals surface area contributed by atoms with Crippen molar-refractivity contribution in [2.45, 2.75) is 44.2 Å². The van der Waals surface area contributed by atoms with E-state index in [9.17, 15) is 14.3 Å². The molecule has 136 valence electrons. The highest BCUT2D eigenvalue weighted by atomic mass is 19.1. The molecular formula is C20H27FN2O2. The van der Waals surface area contributed by atoms with Crippen LogP contribution in [0.25, 0.3) is 0 Å². The Labute approximate surface area is 148 Å². The summed E-state index contributed by atoms with van der Waals surface area (Å²) in [4.78, 5) is 14.9. The lowest BCUT2D eigenvalue weighted by Crippen LogP contribution is -2.49. The summed E-state index contributed by atoms with van der Waals surface area (Å²) in [6, 6.07) is 6.09. The molecule has 1 heterocycles. The molecule has 1 amide bonds. The molecule has 1 aliphatic heterocycles. The Bertz CT molecular complexity index is 625. The lowest BCUT2D eigenvalue weighted by molar-refractivity contribution is -0.139. The molecule has 0 aromatic heterocycles. The van der Waals surface area contributed by atoms with Gasteiger partial charge in [-0.3, -0.25) is 4.79 Å². The summed E-state index contributed by atoms with van der Waals surface area (Å²) in [5.74, 6) is 1.08. The average molecular weight is 346 g/mol. The van der Waals surface area contributed by atoms with E-state index in [1.165, 1.54) is 18.6 Å². The van der Waals surface area contributed by atoms with Gasteiger partial charge in [0.2, 0.25) is 5.91 Å². The number of aliphatic hydroxyl groups is 1. The number of rotatable bonds is 3. The highest BCUT2D eigenvalue weighted by molar-refractivity contribution is 5.80. The molecule has 4 nitrogen and oxygen atoms in total. The standard InChI is InChI=1S/C20H27FN2O2/c21-16-5-3-12(4-6-16)19(24)13-7-9-23(10-8-13)20(25)17-14-1-2-15(11-14)18(17)22/h3-6,13-15,17-19,24H,1-2,7-11,22H2. The van der Waals surface area contributed by atoms with Crippen LogP contribution in [0.1, 0.15) is 43.8 Å². The highest BCUT2D eigenvalue weighted by Crippen LogP contribution is 2.48. The summed E-state index contributed by atoms with van der Waals surface area (Å²) in [6.45, 7) is 1.37. The lowest BCUT2D eigenvalue weighted by Gasteiger charge is -2.38. The number of carbonyl (C=O) groups is 1. The van der Waals surface area contributed by atoms with E-state index in [2.05, 4.69) is 0 Å². The first-order chi connectivity index (χ1) is 12.0. The average Bonchev–Trinajstić information content (AvgIpc) is 3.22. The quantitative estimate of drug-likeness (QED) is 0.884. The molecule has 25 heavy (non-hydrogen) atoms. The van der Waals surface area contributed by atoms with Crippen molar-refractivity contribution in [1.82, 2.24) is 4.90 Å². The van der Waals surface area contributed by atoms with Gasteiger partial charge in [0.15, 0.2) is 0 Å². The van der Waals surface area contributed by atoms with Crippen molar-refractivity contribution in [2.24, 2.45) is 29.4 Å². The number of hydrogen-bond donors (Lipinski definition) is 2. The van der Waals surface area contributed by atoms with Gasteiger partial charge in [-0.2, -0.15) is 0 Å². The maximum atomic E-state index is 13.0. The molecule has 2 saturated carbocycles. The maximum Gasteiger partial charge on any atom is 0.227 e. The van der Waals surface area contributed by atoms with Crippen LogP contribution in [-0.2, 0) is 4.79 Å². The van der Waals surface area contributed by atoms with E-state index in [1.54, 1.807) is 12.1 Å². The third-order valence-electron chi connectivity index (χ3n) is 6.78. The van der Waals surface area contributed by atoms with Gasteiger partial charge < -0.3 is 15.7 Å². The molecule has 0 radical (unpaired) electrons. The zero-order valence-electron chi connectivity index (χ0n) is 14.5. The molecule has 1 saturated heterocycles. The second-order valence-electron chi connectivity index (χ2n) is 8.10. The Kier molecular flexibility index (Phi) is 4.54. The molecule has 0 spiro atoms. The van der Waals surface area contributed by atoms with Crippen molar-refractivity contribution in [3.05, 3.63) is 35.6 Å². The third kappa shape index (κ3) is 3.08.